The van der Waals surface area contributed by atoms with Crippen LogP contribution in [0, 0.1) is 0 Å². The number of nitrogens with two attached hydrogens (primary N) is 1. The molecule has 1 atom stereocenters. The van der Waals surface area contributed by atoms with Crippen molar-refractivity contribution in [1.29, 1.82) is 0 Å². The van der Waals surface area contributed by atoms with Gasteiger partial charge in [-0.15, -0.1) is 0 Å². The van der Waals surface area contributed by atoms with Crippen molar-refractivity contribution in [3.05, 3.63) is 29.8 Å². The zero-order chi connectivity index (χ0) is 12.3. The lowest BCUT2D eigenvalue weighted by molar-refractivity contribution is -0.130. The van der Waals surface area contributed by atoms with Crippen molar-refractivity contribution >= 4 is 5.91 Å². The SMILES string of the molecule is COc1ccccc1C1CCCN1C(=O)CN. The van der Waals surface area contributed by atoms with Crippen molar-refractivity contribution in [3.63, 3.8) is 0 Å². The van der Waals surface area contributed by atoms with Crippen LogP contribution in [-0.4, -0.2) is 31.0 Å². The van der Waals surface area contributed by atoms with Gasteiger partial charge < -0.3 is 15.4 Å². The Bertz CT molecular complexity index is 406. The molecule has 0 radical (unpaired) electrons. The fourth-order valence-electron chi connectivity index (χ4n) is 2.45. The van der Waals surface area contributed by atoms with E-state index in [1.165, 1.54) is 0 Å². The van der Waals surface area contributed by atoms with Crippen molar-refractivity contribution in [1.82, 2.24) is 4.90 Å². The molecule has 1 aromatic carbocycles. The van der Waals surface area contributed by atoms with Crippen LogP contribution < -0.4 is 10.5 Å². The first-order valence-electron chi connectivity index (χ1n) is 5.90. The molecule has 0 spiro atoms. The van der Waals surface area contributed by atoms with E-state index in [0.29, 0.717) is 0 Å². The minimum Gasteiger partial charge on any atom is -0.496 e. The molecular formula is C13H18N2O2. The Kier molecular flexibility index (Phi) is 3.64. The third-order valence-corrected chi connectivity index (χ3v) is 3.25. The third kappa shape index (κ3) is 2.26. The van der Waals surface area contributed by atoms with Crippen LogP contribution in [0.5, 0.6) is 5.75 Å². The topological polar surface area (TPSA) is 55.6 Å². The number of methoxy groups -OCH3 is 1. The van der Waals surface area contributed by atoms with E-state index in [1.54, 1.807) is 7.11 Å². The molecule has 1 saturated heterocycles. The van der Waals surface area contributed by atoms with Gasteiger partial charge in [0.05, 0.1) is 19.7 Å². The van der Waals surface area contributed by atoms with Gasteiger partial charge in [-0.2, -0.15) is 0 Å². The predicted octanol–water partition coefficient (Wildman–Crippen LogP) is 1.32. The molecule has 4 heteroatoms. The fraction of sp³-hybridized carbons (Fsp3) is 0.462. The van der Waals surface area contributed by atoms with Gasteiger partial charge in [0.2, 0.25) is 5.91 Å². The number of carbonyl (C=O) groups is 1. The molecule has 17 heavy (non-hydrogen) atoms. The normalized spacial score (nSPS) is 19.4. The Morgan fingerprint density at radius 2 is 2.29 bits per heavy atom. The number of likely N-dealkylation sites (tertiary alicyclic amines) is 1. The van der Waals surface area contributed by atoms with Crippen LogP contribution in [0.2, 0.25) is 0 Å². The van der Waals surface area contributed by atoms with Crippen LogP contribution in [0.4, 0.5) is 0 Å². The maximum atomic E-state index is 11.8. The van der Waals surface area contributed by atoms with Gasteiger partial charge in [0.15, 0.2) is 0 Å². The quantitative estimate of drug-likeness (QED) is 0.858. The first kappa shape index (κ1) is 11.9. The number of hydrogen-bond donors (Lipinski definition) is 1. The molecule has 2 rings (SSSR count). The van der Waals surface area contributed by atoms with Crippen LogP contribution in [0.1, 0.15) is 24.4 Å². The zero-order valence-corrected chi connectivity index (χ0v) is 10.1. The van der Waals surface area contributed by atoms with Gasteiger partial charge in [0.1, 0.15) is 5.75 Å². The number of benzene rings is 1. The number of carbonyl (C=O) groups excluding carboxylic acids is 1. The van der Waals surface area contributed by atoms with Gasteiger partial charge in [-0.1, -0.05) is 18.2 Å². The van der Waals surface area contributed by atoms with Crippen LogP contribution in [0.25, 0.3) is 0 Å². The molecule has 1 heterocycles. The molecule has 2 N–H and O–H groups in total. The van der Waals surface area contributed by atoms with E-state index in [4.69, 9.17) is 10.5 Å². The average molecular weight is 234 g/mol. The molecule has 1 aliphatic heterocycles. The Morgan fingerprint density at radius 3 is 3.00 bits per heavy atom. The van der Waals surface area contributed by atoms with Crippen LogP contribution in [-0.2, 0) is 4.79 Å². The lowest BCUT2D eigenvalue weighted by atomic mass is 10.0. The molecule has 1 amide bonds. The summed E-state index contributed by atoms with van der Waals surface area (Å²) in [5, 5.41) is 0. The molecule has 0 bridgehead atoms. The summed E-state index contributed by atoms with van der Waals surface area (Å²) in [6.45, 7) is 0.865. The molecule has 1 unspecified atom stereocenters. The Balaban J connectivity index is 2.29. The van der Waals surface area contributed by atoms with Gasteiger partial charge in [-0.05, 0) is 18.9 Å². The van der Waals surface area contributed by atoms with Crippen molar-refractivity contribution in [2.24, 2.45) is 5.73 Å². The number of para-hydroxylation sites is 1. The van der Waals surface area contributed by atoms with E-state index in [9.17, 15) is 4.79 Å². The lowest BCUT2D eigenvalue weighted by Gasteiger charge is -2.25. The number of rotatable bonds is 3. The molecule has 0 aliphatic carbocycles. The van der Waals surface area contributed by atoms with Crippen molar-refractivity contribution < 1.29 is 9.53 Å². The minimum absolute atomic E-state index is 0.0124. The number of hydrogen-bond acceptors (Lipinski definition) is 3. The van der Waals surface area contributed by atoms with Gasteiger partial charge in [0, 0.05) is 12.1 Å². The molecule has 92 valence electrons. The third-order valence-electron chi connectivity index (χ3n) is 3.25. The van der Waals surface area contributed by atoms with Crippen molar-refractivity contribution in [3.8, 4) is 5.75 Å². The van der Waals surface area contributed by atoms with Crippen LogP contribution >= 0.6 is 0 Å². The van der Waals surface area contributed by atoms with E-state index in [0.717, 1.165) is 30.7 Å². The van der Waals surface area contributed by atoms with Crippen LogP contribution in [0.15, 0.2) is 24.3 Å². The maximum absolute atomic E-state index is 11.8. The second-order valence-corrected chi connectivity index (χ2v) is 4.19. The van der Waals surface area contributed by atoms with E-state index < -0.39 is 0 Å². The summed E-state index contributed by atoms with van der Waals surface area (Å²) in [7, 11) is 1.66. The summed E-state index contributed by atoms with van der Waals surface area (Å²) < 4.78 is 5.35. The second-order valence-electron chi connectivity index (χ2n) is 4.19. The summed E-state index contributed by atoms with van der Waals surface area (Å²) in [5.41, 5.74) is 6.52. The van der Waals surface area contributed by atoms with E-state index in [-0.39, 0.29) is 18.5 Å². The number of amides is 1. The van der Waals surface area contributed by atoms with Crippen LogP contribution in [0.3, 0.4) is 0 Å². The number of nitrogens with zero attached hydrogens (tertiary/aromatic N) is 1. The van der Waals surface area contributed by atoms with E-state index >= 15 is 0 Å². The molecule has 1 aromatic rings. The zero-order valence-electron chi connectivity index (χ0n) is 10.1. The Labute approximate surface area is 101 Å². The molecule has 1 fully saturated rings. The van der Waals surface area contributed by atoms with E-state index in [1.807, 2.05) is 29.2 Å². The standard InChI is InChI=1S/C13H18N2O2/c1-17-12-7-3-2-5-10(12)11-6-4-8-15(11)13(16)9-14/h2-3,5,7,11H,4,6,8-9,14H2,1H3. The first-order chi connectivity index (χ1) is 8.27. The molecular weight excluding hydrogens is 216 g/mol. The van der Waals surface area contributed by atoms with Gasteiger partial charge in [0.25, 0.3) is 0 Å². The van der Waals surface area contributed by atoms with Gasteiger partial charge >= 0.3 is 0 Å². The summed E-state index contributed by atoms with van der Waals surface area (Å²) in [4.78, 5) is 13.6. The minimum atomic E-state index is 0.0124. The van der Waals surface area contributed by atoms with E-state index in [2.05, 4.69) is 0 Å². The highest BCUT2D eigenvalue weighted by molar-refractivity contribution is 5.79. The summed E-state index contributed by atoms with van der Waals surface area (Å²) in [6.07, 6.45) is 2.00. The average Bonchev–Trinajstić information content (AvgIpc) is 2.86. The summed E-state index contributed by atoms with van der Waals surface area (Å²) in [5.74, 6) is 0.854. The molecule has 0 aromatic heterocycles. The first-order valence-corrected chi connectivity index (χ1v) is 5.90. The lowest BCUT2D eigenvalue weighted by Crippen LogP contribution is -2.35. The van der Waals surface area contributed by atoms with Gasteiger partial charge in [-0.3, -0.25) is 4.79 Å². The highest BCUT2D eigenvalue weighted by Crippen LogP contribution is 2.36. The fourth-order valence-corrected chi connectivity index (χ4v) is 2.45. The highest BCUT2D eigenvalue weighted by atomic mass is 16.5. The highest BCUT2D eigenvalue weighted by Gasteiger charge is 2.30. The monoisotopic (exact) mass is 234 g/mol. The summed E-state index contributed by atoms with van der Waals surface area (Å²) >= 11 is 0. The smallest absolute Gasteiger partial charge is 0.236 e. The Hall–Kier alpha value is -1.55. The van der Waals surface area contributed by atoms with Crippen molar-refractivity contribution in [2.75, 3.05) is 20.2 Å². The number of ether oxygens (including phenoxy) is 1. The molecule has 0 saturated carbocycles. The molecule has 4 nitrogen and oxygen atoms in total. The van der Waals surface area contributed by atoms with Gasteiger partial charge in [-0.25, -0.2) is 0 Å². The maximum Gasteiger partial charge on any atom is 0.236 e. The summed E-state index contributed by atoms with van der Waals surface area (Å²) in [6, 6.07) is 7.97. The molecule has 1 aliphatic rings. The Morgan fingerprint density at radius 1 is 1.53 bits per heavy atom. The second kappa shape index (κ2) is 5.19. The largest absolute Gasteiger partial charge is 0.496 e. The van der Waals surface area contributed by atoms with Crippen molar-refractivity contribution in [2.45, 2.75) is 18.9 Å². The predicted molar refractivity (Wildman–Crippen MR) is 65.7 cm³/mol.